The minimum atomic E-state index is 1.02. The Morgan fingerprint density at radius 3 is 1.47 bits per heavy atom. The van der Waals surface area contributed by atoms with Gasteiger partial charge in [-0.05, 0) is 157 Å². The molecule has 0 fully saturated rings. The lowest BCUT2D eigenvalue weighted by atomic mass is 9.80. The van der Waals surface area contributed by atoms with Gasteiger partial charge < -0.3 is 4.74 Å². The SMILES string of the molecule is COc1c(C)c(C)c2cc(C)c3c4c(C)c(C)c(C)c(C)c4c(C)c(C)c3c2c1C. The Bertz CT molecular complexity index is 1400. The van der Waals surface area contributed by atoms with Crippen molar-refractivity contribution >= 4 is 32.3 Å². The van der Waals surface area contributed by atoms with E-state index in [4.69, 9.17) is 4.74 Å². The van der Waals surface area contributed by atoms with Crippen molar-refractivity contribution in [2.75, 3.05) is 7.11 Å². The van der Waals surface area contributed by atoms with Crippen LogP contribution in [0.1, 0.15) is 55.6 Å². The van der Waals surface area contributed by atoms with Crippen molar-refractivity contribution in [3.05, 3.63) is 61.7 Å². The number of hydrogen-bond acceptors (Lipinski definition) is 1. The predicted molar refractivity (Wildman–Crippen MR) is 133 cm³/mol. The molecule has 0 aliphatic heterocycles. The van der Waals surface area contributed by atoms with Crippen LogP contribution in [0.5, 0.6) is 5.75 Å². The van der Waals surface area contributed by atoms with Gasteiger partial charge in [-0.25, -0.2) is 0 Å². The quantitative estimate of drug-likeness (QED) is 0.293. The zero-order valence-corrected chi connectivity index (χ0v) is 20.5. The Morgan fingerprint density at radius 2 is 0.900 bits per heavy atom. The molecule has 0 bridgehead atoms. The van der Waals surface area contributed by atoms with Crippen molar-refractivity contribution in [2.24, 2.45) is 0 Å². The number of aryl methyl sites for hydroxylation is 7. The van der Waals surface area contributed by atoms with Gasteiger partial charge in [-0.15, -0.1) is 0 Å². The molecule has 0 saturated carbocycles. The van der Waals surface area contributed by atoms with Crippen LogP contribution in [0.15, 0.2) is 6.07 Å². The molecule has 0 aliphatic carbocycles. The minimum Gasteiger partial charge on any atom is -0.496 e. The summed E-state index contributed by atoms with van der Waals surface area (Å²) in [6.45, 7) is 22.7. The first-order valence-corrected chi connectivity index (χ1v) is 10.9. The smallest absolute Gasteiger partial charge is 0.125 e. The lowest BCUT2D eigenvalue weighted by molar-refractivity contribution is 0.409. The van der Waals surface area contributed by atoms with Gasteiger partial charge in [0.25, 0.3) is 0 Å². The molecule has 4 rings (SSSR count). The zero-order valence-electron chi connectivity index (χ0n) is 20.5. The Balaban J connectivity index is 2.49. The molecule has 1 heteroatoms. The summed E-state index contributed by atoms with van der Waals surface area (Å²) in [5.74, 6) is 1.02. The van der Waals surface area contributed by atoms with E-state index in [1.807, 2.05) is 0 Å². The van der Waals surface area contributed by atoms with E-state index >= 15 is 0 Å². The Hall–Kier alpha value is -2.54. The van der Waals surface area contributed by atoms with Crippen LogP contribution in [0.25, 0.3) is 32.3 Å². The number of methoxy groups -OCH3 is 1. The van der Waals surface area contributed by atoms with E-state index in [0.29, 0.717) is 0 Å². The highest BCUT2D eigenvalue weighted by Gasteiger charge is 2.22. The van der Waals surface area contributed by atoms with Gasteiger partial charge in [0.15, 0.2) is 0 Å². The lowest BCUT2D eigenvalue weighted by Crippen LogP contribution is -2.02. The number of benzene rings is 4. The molecule has 0 aromatic heterocycles. The average Bonchev–Trinajstić information content (AvgIpc) is 2.71. The van der Waals surface area contributed by atoms with Gasteiger partial charge in [-0.1, -0.05) is 6.07 Å². The predicted octanol–water partition coefficient (Wildman–Crippen LogP) is 8.24. The van der Waals surface area contributed by atoms with E-state index in [9.17, 15) is 0 Å². The summed E-state index contributed by atoms with van der Waals surface area (Å²) in [7, 11) is 1.80. The van der Waals surface area contributed by atoms with Gasteiger partial charge in [0.1, 0.15) is 5.75 Å². The van der Waals surface area contributed by atoms with Crippen molar-refractivity contribution < 1.29 is 4.74 Å². The molecule has 0 unspecified atom stereocenters. The molecular formula is C29H34O. The fourth-order valence-electron chi connectivity index (χ4n) is 5.74. The number of rotatable bonds is 1. The number of hydrogen-bond donors (Lipinski definition) is 0. The first kappa shape index (κ1) is 20.7. The summed E-state index contributed by atoms with van der Waals surface area (Å²) in [4.78, 5) is 0. The third-order valence-corrected chi connectivity index (χ3v) is 8.00. The molecule has 156 valence electrons. The summed E-state index contributed by atoms with van der Waals surface area (Å²) in [6.07, 6.45) is 0. The second kappa shape index (κ2) is 6.74. The van der Waals surface area contributed by atoms with Crippen LogP contribution in [0.4, 0.5) is 0 Å². The Labute approximate surface area is 181 Å². The Morgan fingerprint density at radius 1 is 0.433 bits per heavy atom. The Kier molecular flexibility index (Phi) is 4.65. The van der Waals surface area contributed by atoms with E-state index in [1.54, 1.807) is 7.11 Å². The fraction of sp³-hybridized carbons (Fsp3) is 0.379. The highest BCUT2D eigenvalue weighted by atomic mass is 16.5. The second-order valence-corrected chi connectivity index (χ2v) is 9.27. The van der Waals surface area contributed by atoms with Crippen LogP contribution >= 0.6 is 0 Å². The zero-order chi connectivity index (χ0) is 22.2. The molecule has 0 spiro atoms. The van der Waals surface area contributed by atoms with E-state index in [2.05, 4.69) is 75.3 Å². The molecule has 0 radical (unpaired) electrons. The normalized spacial score (nSPS) is 11.8. The van der Waals surface area contributed by atoms with E-state index in [-0.39, 0.29) is 0 Å². The molecule has 0 amide bonds. The van der Waals surface area contributed by atoms with Crippen molar-refractivity contribution in [1.82, 2.24) is 0 Å². The molecule has 0 atom stereocenters. The van der Waals surface area contributed by atoms with Crippen LogP contribution in [0.3, 0.4) is 0 Å². The second-order valence-electron chi connectivity index (χ2n) is 9.27. The molecule has 0 saturated heterocycles. The molecule has 30 heavy (non-hydrogen) atoms. The summed E-state index contributed by atoms with van der Waals surface area (Å²) in [5, 5.41) is 8.41. The first-order valence-electron chi connectivity index (χ1n) is 10.9. The van der Waals surface area contributed by atoms with Crippen molar-refractivity contribution in [3.63, 3.8) is 0 Å². The number of fused-ring (bicyclic) bond motifs is 5. The van der Waals surface area contributed by atoms with Crippen LogP contribution in [-0.4, -0.2) is 7.11 Å². The monoisotopic (exact) mass is 398 g/mol. The van der Waals surface area contributed by atoms with Gasteiger partial charge in [0, 0.05) is 0 Å². The van der Waals surface area contributed by atoms with Crippen LogP contribution < -0.4 is 4.74 Å². The summed E-state index contributed by atoms with van der Waals surface area (Å²) >= 11 is 0. The standard InChI is InChI=1S/C29H34O/c1-13-12-23-16(4)21(9)29(30-11)22(10)26(23)28-20(8)19(7)25-17(5)14(2)15(3)18(6)27(25)24(13)28/h12H,1-11H3. The van der Waals surface area contributed by atoms with Gasteiger partial charge >= 0.3 is 0 Å². The van der Waals surface area contributed by atoms with Crippen LogP contribution in [-0.2, 0) is 0 Å². The van der Waals surface area contributed by atoms with Gasteiger partial charge in [0.05, 0.1) is 7.11 Å². The fourth-order valence-corrected chi connectivity index (χ4v) is 5.74. The first-order chi connectivity index (χ1) is 14.0. The van der Waals surface area contributed by atoms with Crippen molar-refractivity contribution in [3.8, 4) is 5.75 Å². The van der Waals surface area contributed by atoms with Crippen LogP contribution in [0, 0.1) is 69.2 Å². The third-order valence-electron chi connectivity index (χ3n) is 8.00. The molecule has 0 heterocycles. The maximum atomic E-state index is 5.88. The molecule has 0 aliphatic rings. The summed E-state index contributed by atoms with van der Waals surface area (Å²) < 4.78 is 5.88. The molecule has 4 aromatic rings. The summed E-state index contributed by atoms with van der Waals surface area (Å²) in [6, 6.07) is 2.41. The van der Waals surface area contributed by atoms with E-state index < -0.39 is 0 Å². The maximum absolute atomic E-state index is 5.88. The van der Waals surface area contributed by atoms with E-state index in [0.717, 1.165) is 5.75 Å². The highest BCUT2D eigenvalue weighted by Crippen LogP contribution is 2.46. The topological polar surface area (TPSA) is 9.23 Å². The maximum Gasteiger partial charge on any atom is 0.125 e. The van der Waals surface area contributed by atoms with Gasteiger partial charge in [-0.3, -0.25) is 0 Å². The number of ether oxygens (including phenoxy) is 1. The highest BCUT2D eigenvalue weighted by molar-refractivity contribution is 6.24. The molecular weight excluding hydrogens is 364 g/mol. The molecule has 1 nitrogen and oxygen atoms in total. The van der Waals surface area contributed by atoms with Crippen LogP contribution in [0.2, 0.25) is 0 Å². The van der Waals surface area contributed by atoms with Gasteiger partial charge in [0.2, 0.25) is 0 Å². The largest absolute Gasteiger partial charge is 0.496 e. The van der Waals surface area contributed by atoms with Gasteiger partial charge in [-0.2, -0.15) is 0 Å². The lowest BCUT2D eigenvalue weighted by Gasteiger charge is -2.24. The average molecular weight is 399 g/mol. The van der Waals surface area contributed by atoms with E-state index in [1.165, 1.54) is 88.0 Å². The summed E-state index contributed by atoms with van der Waals surface area (Å²) in [5.41, 5.74) is 13.7. The van der Waals surface area contributed by atoms with Crippen molar-refractivity contribution in [2.45, 2.75) is 69.2 Å². The molecule has 0 N–H and O–H groups in total. The van der Waals surface area contributed by atoms with Crippen molar-refractivity contribution in [1.29, 1.82) is 0 Å². The molecule has 4 aromatic carbocycles. The minimum absolute atomic E-state index is 1.02. The third kappa shape index (κ3) is 2.41.